The molecular weight excluding hydrogens is 186 g/mol. The summed E-state index contributed by atoms with van der Waals surface area (Å²) in [5.41, 5.74) is 0.540. The maximum atomic E-state index is 10.6. The van der Waals surface area contributed by atoms with Crippen molar-refractivity contribution < 1.29 is 5.11 Å². The largest absolute Gasteiger partial charge is 0.385 e. The standard InChI is InChI=1S/C13H17NO/c15-13(12-4-2-1-3-5-12)6-10-8-14-9-11(10)7-13/h1-5,10-11,14-15H,6-9H2/t10-,11+,13-. The number of nitrogens with one attached hydrogen (secondary N) is 1. The summed E-state index contributed by atoms with van der Waals surface area (Å²) in [6.07, 6.45) is 1.85. The van der Waals surface area contributed by atoms with Crippen molar-refractivity contribution >= 4 is 0 Å². The molecule has 3 atom stereocenters. The lowest BCUT2D eigenvalue weighted by atomic mass is 9.91. The van der Waals surface area contributed by atoms with Gasteiger partial charge >= 0.3 is 0 Å². The first kappa shape index (κ1) is 9.37. The smallest absolute Gasteiger partial charge is 0.0903 e. The highest BCUT2D eigenvalue weighted by Gasteiger charge is 2.46. The molecule has 1 aromatic rings. The van der Waals surface area contributed by atoms with Crippen LogP contribution in [-0.2, 0) is 5.60 Å². The molecule has 1 aliphatic heterocycles. The van der Waals surface area contributed by atoms with Crippen LogP contribution in [0.4, 0.5) is 0 Å². The topological polar surface area (TPSA) is 32.3 Å². The molecule has 2 N–H and O–H groups in total. The third-order valence-corrected chi connectivity index (χ3v) is 3.99. The Morgan fingerprint density at radius 1 is 1.07 bits per heavy atom. The first-order chi connectivity index (χ1) is 7.28. The Morgan fingerprint density at radius 2 is 1.67 bits per heavy atom. The Balaban J connectivity index is 1.87. The van der Waals surface area contributed by atoms with E-state index in [9.17, 15) is 5.11 Å². The highest BCUT2D eigenvalue weighted by Crippen LogP contribution is 2.46. The molecule has 2 heteroatoms. The van der Waals surface area contributed by atoms with E-state index in [4.69, 9.17) is 0 Å². The molecule has 1 heterocycles. The van der Waals surface area contributed by atoms with Crippen LogP contribution in [0.25, 0.3) is 0 Å². The number of hydrogen-bond acceptors (Lipinski definition) is 2. The third-order valence-electron chi connectivity index (χ3n) is 3.99. The number of hydrogen-bond donors (Lipinski definition) is 2. The molecule has 0 aromatic heterocycles. The minimum Gasteiger partial charge on any atom is -0.385 e. The fourth-order valence-electron chi connectivity index (χ4n) is 3.20. The summed E-state index contributed by atoms with van der Waals surface area (Å²) in [6.45, 7) is 2.17. The summed E-state index contributed by atoms with van der Waals surface area (Å²) >= 11 is 0. The van der Waals surface area contributed by atoms with Gasteiger partial charge in [0.05, 0.1) is 5.60 Å². The highest BCUT2D eigenvalue weighted by molar-refractivity contribution is 5.24. The number of rotatable bonds is 1. The first-order valence-corrected chi connectivity index (χ1v) is 5.76. The Labute approximate surface area is 90.3 Å². The predicted octanol–water partition coefficient (Wildman–Crippen LogP) is 1.50. The second kappa shape index (κ2) is 3.32. The van der Waals surface area contributed by atoms with E-state index in [2.05, 4.69) is 17.4 Å². The highest BCUT2D eigenvalue weighted by atomic mass is 16.3. The molecule has 2 fully saturated rings. The van der Waals surface area contributed by atoms with E-state index in [0.717, 1.165) is 31.5 Å². The summed E-state index contributed by atoms with van der Waals surface area (Å²) in [5.74, 6) is 1.35. The van der Waals surface area contributed by atoms with Gasteiger partial charge in [-0.25, -0.2) is 0 Å². The fourth-order valence-corrected chi connectivity index (χ4v) is 3.20. The fraction of sp³-hybridized carbons (Fsp3) is 0.538. The molecule has 80 valence electrons. The van der Waals surface area contributed by atoms with Gasteiger partial charge < -0.3 is 10.4 Å². The number of benzene rings is 1. The molecule has 2 nitrogen and oxygen atoms in total. The lowest BCUT2D eigenvalue weighted by Gasteiger charge is -2.24. The second-order valence-corrected chi connectivity index (χ2v) is 4.98. The van der Waals surface area contributed by atoms with E-state index in [1.54, 1.807) is 0 Å². The second-order valence-electron chi connectivity index (χ2n) is 4.98. The van der Waals surface area contributed by atoms with Gasteiger partial charge in [-0.2, -0.15) is 0 Å². The van der Waals surface area contributed by atoms with Gasteiger partial charge in [0, 0.05) is 0 Å². The number of fused-ring (bicyclic) bond motifs is 1. The quantitative estimate of drug-likeness (QED) is 0.725. The maximum Gasteiger partial charge on any atom is 0.0903 e. The Bertz CT molecular complexity index is 337. The van der Waals surface area contributed by atoms with Gasteiger partial charge in [0.25, 0.3) is 0 Å². The van der Waals surface area contributed by atoms with Crippen molar-refractivity contribution in [3.63, 3.8) is 0 Å². The Morgan fingerprint density at radius 3 is 2.27 bits per heavy atom. The van der Waals surface area contributed by atoms with Crippen molar-refractivity contribution in [2.75, 3.05) is 13.1 Å². The molecule has 0 amide bonds. The van der Waals surface area contributed by atoms with E-state index < -0.39 is 5.60 Å². The summed E-state index contributed by atoms with van der Waals surface area (Å²) < 4.78 is 0. The van der Waals surface area contributed by atoms with E-state index in [-0.39, 0.29) is 0 Å². The lowest BCUT2D eigenvalue weighted by Crippen LogP contribution is -2.25. The molecule has 1 aromatic carbocycles. The Hall–Kier alpha value is -0.860. The summed E-state index contributed by atoms with van der Waals surface area (Å²) in [4.78, 5) is 0. The zero-order valence-electron chi connectivity index (χ0n) is 8.82. The van der Waals surface area contributed by atoms with Crippen molar-refractivity contribution in [2.24, 2.45) is 11.8 Å². The molecule has 3 rings (SSSR count). The van der Waals surface area contributed by atoms with Crippen LogP contribution >= 0.6 is 0 Å². The lowest BCUT2D eigenvalue weighted by molar-refractivity contribution is 0.0359. The van der Waals surface area contributed by atoms with Gasteiger partial charge in [0.15, 0.2) is 0 Å². The van der Waals surface area contributed by atoms with Crippen LogP contribution in [0.5, 0.6) is 0 Å². The minimum absolute atomic E-state index is 0.557. The van der Waals surface area contributed by atoms with E-state index in [1.807, 2.05) is 18.2 Å². The summed E-state index contributed by atoms with van der Waals surface area (Å²) in [5, 5.41) is 14.0. The molecule has 2 aliphatic rings. The van der Waals surface area contributed by atoms with Crippen LogP contribution in [-0.4, -0.2) is 18.2 Å². The monoisotopic (exact) mass is 203 g/mol. The van der Waals surface area contributed by atoms with Crippen molar-refractivity contribution in [1.29, 1.82) is 0 Å². The van der Waals surface area contributed by atoms with Gasteiger partial charge in [0.2, 0.25) is 0 Å². The van der Waals surface area contributed by atoms with Crippen molar-refractivity contribution in [2.45, 2.75) is 18.4 Å². The molecule has 15 heavy (non-hydrogen) atoms. The Kier molecular flexibility index (Phi) is 2.08. The predicted molar refractivity (Wildman–Crippen MR) is 59.4 cm³/mol. The van der Waals surface area contributed by atoms with E-state index in [0.29, 0.717) is 11.8 Å². The van der Waals surface area contributed by atoms with Crippen molar-refractivity contribution in [3.05, 3.63) is 35.9 Å². The molecule has 0 bridgehead atoms. The van der Waals surface area contributed by atoms with Crippen LogP contribution in [0, 0.1) is 11.8 Å². The molecule has 0 spiro atoms. The summed E-state index contributed by atoms with van der Waals surface area (Å²) in [6, 6.07) is 10.1. The average molecular weight is 203 g/mol. The minimum atomic E-state index is -0.557. The molecule has 1 saturated carbocycles. The molecule has 1 aliphatic carbocycles. The number of aliphatic hydroxyl groups is 1. The van der Waals surface area contributed by atoms with Crippen LogP contribution in [0.15, 0.2) is 30.3 Å². The van der Waals surface area contributed by atoms with Gasteiger partial charge in [0.1, 0.15) is 0 Å². The normalized spacial score (nSPS) is 39.3. The SMILES string of the molecule is O[C@@]1(c2ccccc2)C[C@H]2CNC[C@H]2C1. The molecule has 0 radical (unpaired) electrons. The van der Waals surface area contributed by atoms with Crippen molar-refractivity contribution in [3.8, 4) is 0 Å². The van der Waals surface area contributed by atoms with Crippen LogP contribution in [0.2, 0.25) is 0 Å². The van der Waals surface area contributed by atoms with Gasteiger partial charge in [-0.3, -0.25) is 0 Å². The molecular formula is C13H17NO. The molecule has 1 saturated heterocycles. The first-order valence-electron chi connectivity index (χ1n) is 5.76. The van der Waals surface area contributed by atoms with E-state index >= 15 is 0 Å². The zero-order valence-corrected chi connectivity index (χ0v) is 8.82. The maximum absolute atomic E-state index is 10.6. The van der Waals surface area contributed by atoms with Crippen LogP contribution in [0.3, 0.4) is 0 Å². The van der Waals surface area contributed by atoms with Crippen LogP contribution in [0.1, 0.15) is 18.4 Å². The average Bonchev–Trinajstić information content (AvgIpc) is 2.78. The molecule has 0 unspecified atom stereocenters. The van der Waals surface area contributed by atoms with Gasteiger partial charge in [-0.15, -0.1) is 0 Å². The third kappa shape index (κ3) is 1.48. The van der Waals surface area contributed by atoms with Gasteiger partial charge in [-0.1, -0.05) is 30.3 Å². The van der Waals surface area contributed by atoms with Gasteiger partial charge in [-0.05, 0) is 43.3 Å². The zero-order chi connectivity index (χ0) is 10.3. The van der Waals surface area contributed by atoms with E-state index in [1.165, 1.54) is 0 Å². The van der Waals surface area contributed by atoms with Crippen LogP contribution < -0.4 is 5.32 Å². The van der Waals surface area contributed by atoms with Crippen molar-refractivity contribution in [1.82, 2.24) is 5.32 Å². The summed E-state index contributed by atoms with van der Waals surface area (Å²) in [7, 11) is 0.